The maximum absolute atomic E-state index is 12.2. The van der Waals surface area contributed by atoms with Crippen LogP contribution in [0.2, 0.25) is 0 Å². The van der Waals surface area contributed by atoms with Crippen LogP contribution in [0, 0.1) is 0 Å². The van der Waals surface area contributed by atoms with Gasteiger partial charge >= 0.3 is 0 Å². The SMILES string of the molecule is O=C(Nc1ccc(N2CCCCCC2)nn1)c1ccc(Br)cc1. The summed E-state index contributed by atoms with van der Waals surface area (Å²) in [7, 11) is 0. The van der Waals surface area contributed by atoms with E-state index in [0.717, 1.165) is 23.4 Å². The number of anilines is 2. The Kier molecular flexibility index (Phi) is 5.23. The molecule has 5 nitrogen and oxygen atoms in total. The quantitative estimate of drug-likeness (QED) is 0.885. The van der Waals surface area contributed by atoms with Gasteiger partial charge in [-0.2, -0.15) is 0 Å². The van der Waals surface area contributed by atoms with Crippen LogP contribution in [0.4, 0.5) is 11.6 Å². The topological polar surface area (TPSA) is 58.1 Å². The number of nitrogens with zero attached hydrogens (tertiary/aromatic N) is 3. The number of rotatable bonds is 3. The molecule has 1 aromatic carbocycles. The number of benzene rings is 1. The van der Waals surface area contributed by atoms with E-state index in [-0.39, 0.29) is 5.91 Å². The normalized spacial score (nSPS) is 15.1. The zero-order chi connectivity index (χ0) is 16.1. The second-order valence-corrected chi connectivity index (χ2v) is 6.55. The first-order chi connectivity index (χ1) is 11.2. The van der Waals surface area contributed by atoms with Gasteiger partial charge in [0, 0.05) is 23.1 Å². The highest BCUT2D eigenvalue weighted by molar-refractivity contribution is 9.10. The summed E-state index contributed by atoms with van der Waals surface area (Å²) in [6.45, 7) is 2.05. The molecule has 1 aliphatic heterocycles. The van der Waals surface area contributed by atoms with Crippen molar-refractivity contribution in [1.29, 1.82) is 0 Å². The van der Waals surface area contributed by atoms with Crippen molar-refractivity contribution in [2.24, 2.45) is 0 Å². The summed E-state index contributed by atoms with van der Waals surface area (Å²) in [5.74, 6) is 1.17. The molecule has 1 fully saturated rings. The number of carbonyl (C=O) groups excluding carboxylic acids is 1. The first kappa shape index (κ1) is 15.9. The predicted octanol–water partition coefficient (Wildman–Crippen LogP) is 3.87. The number of halogens is 1. The van der Waals surface area contributed by atoms with Crippen LogP contribution in [0.1, 0.15) is 36.0 Å². The summed E-state index contributed by atoms with van der Waals surface area (Å²) in [6, 6.07) is 10.9. The Morgan fingerprint density at radius 1 is 0.957 bits per heavy atom. The van der Waals surface area contributed by atoms with Gasteiger partial charge in [0.25, 0.3) is 5.91 Å². The van der Waals surface area contributed by atoms with Gasteiger partial charge in [-0.05, 0) is 49.2 Å². The molecule has 120 valence electrons. The Bertz CT molecular complexity index is 649. The van der Waals surface area contributed by atoms with Crippen molar-refractivity contribution in [2.45, 2.75) is 25.7 Å². The van der Waals surface area contributed by atoms with E-state index < -0.39 is 0 Å². The number of hydrogen-bond donors (Lipinski definition) is 1. The highest BCUT2D eigenvalue weighted by Crippen LogP contribution is 2.18. The zero-order valence-electron chi connectivity index (χ0n) is 12.8. The van der Waals surface area contributed by atoms with Crippen molar-refractivity contribution in [1.82, 2.24) is 10.2 Å². The van der Waals surface area contributed by atoms with Crippen molar-refractivity contribution < 1.29 is 4.79 Å². The molecule has 0 atom stereocenters. The fraction of sp³-hybridized carbons (Fsp3) is 0.353. The van der Waals surface area contributed by atoms with Gasteiger partial charge < -0.3 is 10.2 Å². The smallest absolute Gasteiger partial charge is 0.256 e. The van der Waals surface area contributed by atoms with Crippen LogP contribution in [0.25, 0.3) is 0 Å². The lowest BCUT2D eigenvalue weighted by molar-refractivity contribution is 0.102. The van der Waals surface area contributed by atoms with Crippen LogP contribution >= 0.6 is 15.9 Å². The third kappa shape index (κ3) is 4.28. The predicted molar refractivity (Wildman–Crippen MR) is 94.8 cm³/mol. The average Bonchev–Trinajstić information content (AvgIpc) is 2.85. The van der Waals surface area contributed by atoms with Crippen molar-refractivity contribution >= 4 is 33.5 Å². The molecule has 1 aliphatic rings. The second kappa shape index (κ2) is 7.55. The lowest BCUT2D eigenvalue weighted by Crippen LogP contribution is -2.25. The van der Waals surface area contributed by atoms with Gasteiger partial charge in [-0.1, -0.05) is 28.8 Å². The summed E-state index contributed by atoms with van der Waals surface area (Å²) in [6.07, 6.45) is 4.96. The van der Waals surface area contributed by atoms with Gasteiger partial charge in [-0.25, -0.2) is 0 Å². The molecule has 0 unspecified atom stereocenters. The summed E-state index contributed by atoms with van der Waals surface area (Å²) in [4.78, 5) is 14.4. The molecule has 6 heteroatoms. The molecule has 2 aromatic rings. The van der Waals surface area contributed by atoms with Crippen molar-refractivity contribution in [3.05, 3.63) is 46.4 Å². The Balaban J connectivity index is 1.64. The van der Waals surface area contributed by atoms with E-state index in [2.05, 4.69) is 36.3 Å². The summed E-state index contributed by atoms with van der Waals surface area (Å²) in [5, 5.41) is 11.2. The highest BCUT2D eigenvalue weighted by atomic mass is 79.9. The first-order valence-corrected chi connectivity index (χ1v) is 8.67. The largest absolute Gasteiger partial charge is 0.355 e. The zero-order valence-corrected chi connectivity index (χ0v) is 14.4. The molecule has 3 rings (SSSR count). The molecular formula is C17H19BrN4O. The fourth-order valence-electron chi connectivity index (χ4n) is 2.65. The van der Waals surface area contributed by atoms with Crippen LogP contribution in [0.15, 0.2) is 40.9 Å². The lowest BCUT2D eigenvalue weighted by atomic mass is 10.2. The third-order valence-corrected chi connectivity index (χ3v) is 4.46. The third-order valence-electron chi connectivity index (χ3n) is 3.93. The Hall–Kier alpha value is -1.95. The van der Waals surface area contributed by atoms with Crippen molar-refractivity contribution in [2.75, 3.05) is 23.3 Å². The van der Waals surface area contributed by atoms with Gasteiger partial charge in [0.15, 0.2) is 11.6 Å². The Labute approximate surface area is 144 Å². The van der Waals surface area contributed by atoms with E-state index in [1.54, 1.807) is 12.1 Å². The van der Waals surface area contributed by atoms with Crippen LogP contribution < -0.4 is 10.2 Å². The first-order valence-electron chi connectivity index (χ1n) is 7.88. The minimum atomic E-state index is -0.186. The van der Waals surface area contributed by atoms with Crippen LogP contribution in [-0.2, 0) is 0 Å². The summed E-state index contributed by atoms with van der Waals surface area (Å²) < 4.78 is 0.940. The Morgan fingerprint density at radius 2 is 1.65 bits per heavy atom. The van der Waals surface area contributed by atoms with Gasteiger partial charge in [0.1, 0.15) is 0 Å². The van der Waals surface area contributed by atoms with E-state index in [1.165, 1.54) is 25.7 Å². The van der Waals surface area contributed by atoms with Gasteiger partial charge in [0.05, 0.1) is 0 Å². The molecule has 2 heterocycles. The van der Waals surface area contributed by atoms with Crippen molar-refractivity contribution in [3.8, 4) is 0 Å². The van der Waals surface area contributed by atoms with Crippen LogP contribution in [0.5, 0.6) is 0 Å². The second-order valence-electron chi connectivity index (χ2n) is 5.64. The molecule has 0 spiro atoms. The standard InChI is InChI=1S/C17H19BrN4O/c18-14-7-5-13(6-8-14)17(23)19-15-9-10-16(21-20-15)22-11-3-1-2-4-12-22/h5-10H,1-4,11-12H2,(H,19,20,23). The molecule has 1 saturated heterocycles. The van der Waals surface area contributed by atoms with Gasteiger partial charge in [-0.3, -0.25) is 4.79 Å². The van der Waals surface area contributed by atoms with E-state index in [4.69, 9.17) is 0 Å². The summed E-state index contributed by atoms with van der Waals surface area (Å²) >= 11 is 3.35. The van der Waals surface area contributed by atoms with Crippen molar-refractivity contribution in [3.63, 3.8) is 0 Å². The lowest BCUT2D eigenvalue weighted by Gasteiger charge is -2.20. The molecule has 1 amide bonds. The molecule has 23 heavy (non-hydrogen) atoms. The number of nitrogens with one attached hydrogen (secondary N) is 1. The number of amides is 1. The maximum atomic E-state index is 12.2. The van der Waals surface area contributed by atoms with E-state index in [9.17, 15) is 4.79 Å². The summed E-state index contributed by atoms with van der Waals surface area (Å²) in [5.41, 5.74) is 0.589. The van der Waals surface area contributed by atoms with E-state index in [1.807, 2.05) is 24.3 Å². The fourth-order valence-corrected chi connectivity index (χ4v) is 2.91. The molecule has 1 aromatic heterocycles. The molecule has 0 aliphatic carbocycles. The number of aromatic nitrogens is 2. The highest BCUT2D eigenvalue weighted by Gasteiger charge is 2.12. The molecule has 0 radical (unpaired) electrons. The van der Waals surface area contributed by atoms with E-state index in [0.29, 0.717) is 11.4 Å². The van der Waals surface area contributed by atoms with Crippen LogP contribution in [-0.4, -0.2) is 29.2 Å². The molecule has 0 bridgehead atoms. The van der Waals surface area contributed by atoms with E-state index >= 15 is 0 Å². The maximum Gasteiger partial charge on any atom is 0.256 e. The Morgan fingerprint density at radius 3 is 2.26 bits per heavy atom. The molecule has 1 N–H and O–H groups in total. The number of hydrogen-bond acceptors (Lipinski definition) is 4. The minimum Gasteiger partial charge on any atom is -0.355 e. The molecular weight excluding hydrogens is 356 g/mol. The van der Waals surface area contributed by atoms with Gasteiger partial charge in [0.2, 0.25) is 0 Å². The minimum absolute atomic E-state index is 0.186. The molecule has 0 saturated carbocycles. The van der Waals surface area contributed by atoms with Crippen LogP contribution in [0.3, 0.4) is 0 Å². The number of carbonyl (C=O) groups is 1. The van der Waals surface area contributed by atoms with Gasteiger partial charge in [-0.15, -0.1) is 10.2 Å². The monoisotopic (exact) mass is 374 g/mol. The average molecular weight is 375 g/mol.